The van der Waals surface area contributed by atoms with Crippen molar-refractivity contribution >= 4 is 17.6 Å². The van der Waals surface area contributed by atoms with Crippen LogP contribution in [-0.2, 0) is 4.79 Å². The van der Waals surface area contributed by atoms with Gasteiger partial charge >= 0.3 is 6.03 Å². The van der Waals surface area contributed by atoms with E-state index in [0.717, 1.165) is 38.8 Å². The molecule has 2 aliphatic rings. The zero-order chi connectivity index (χ0) is 19.8. The monoisotopic (exact) mass is 390 g/mol. The van der Waals surface area contributed by atoms with Crippen LogP contribution in [0.25, 0.3) is 0 Å². The molecule has 154 valence electrons. The Morgan fingerprint density at radius 1 is 0.929 bits per heavy atom. The van der Waals surface area contributed by atoms with Crippen molar-refractivity contribution in [2.45, 2.75) is 63.5 Å². The maximum Gasteiger partial charge on any atom is 0.315 e. The van der Waals surface area contributed by atoms with Gasteiger partial charge in [-0.3, -0.25) is 4.79 Å². The van der Waals surface area contributed by atoms with Crippen LogP contribution in [0.1, 0.15) is 51.4 Å². The number of halogens is 1. The number of urea groups is 1. The lowest BCUT2D eigenvalue weighted by atomic mass is 9.96. The number of amides is 3. The Balaban J connectivity index is 1.29. The quantitative estimate of drug-likeness (QED) is 0.698. The Hall–Kier alpha value is -2.15. The number of piperidine rings is 1. The average molecular weight is 391 g/mol. The number of hydrogen-bond donors (Lipinski definition) is 3. The van der Waals surface area contributed by atoms with E-state index in [2.05, 4.69) is 20.9 Å². The lowest BCUT2D eigenvalue weighted by molar-refractivity contribution is -0.116. The van der Waals surface area contributed by atoms with E-state index < -0.39 is 0 Å². The first-order valence-electron chi connectivity index (χ1n) is 10.4. The Bertz CT molecular complexity index is 638. The highest BCUT2D eigenvalue weighted by atomic mass is 19.1. The van der Waals surface area contributed by atoms with E-state index in [1.165, 1.54) is 31.4 Å². The van der Waals surface area contributed by atoms with E-state index in [4.69, 9.17) is 0 Å². The van der Waals surface area contributed by atoms with Crippen molar-refractivity contribution in [1.29, 1.82) is 0 Å². The van der Waals surface area contributed by atoms with Crippen LogP contribution < -0.4 is 16.0 Å². The van der Waals surface area contributed by atoms with Crippen molar-refractivity contribution in [2.75, 3.05) is 25.0 Å². The number of carbonyl (C=O) groups is 2. The number of benzene rings is 1. The van der Waals surface area contributed by atoms with Gasteiger partial charge in [-0.15, -0.1) is 0 Å². The van der Waals surface area contributed by atoms with Gasteiger partial charge < -0.3 is 20.9 Å². The van der Waals surface area contributed by atoms with Crippen molar-refractivity contribution in [2.24, 2.45) is 0 Å². The molecular weight excluding hydrogens is 359 g/mol. The summed E-state index contributed by atoms with van der Waals surface area (Å²) >= 11 is 0. The summed E-state index contributed by atoms with van der Waals surface area (Å²) in [6.07, 6.45) is 8.07. The average Bonchev–Trinajstić information content (AvgIpc) is 2.70. The fourth-order valence-corrected chi connectivity index (χ4v) is 3.98. The molecule has 0 atom stereocenters. The third-order valence-corrected chi connectivity index (χ3v) is 5.65. The molecule has 28 heavy (non-hydrogen) atoms. The van der Waals surface area contributed by atoms with Crippen LogP contribution in [-0.4, -0.2) is 48.6 Å². The minimum atomic E-state index is -0.318. The van der Waals surface area contributed by atoms with E-state index >= 15 is 0 Å². The van der Waals surface area contributed by atoms with Gasteiger partial charge in [0.05, 0.1) is 0 Å². The van der Waals surface area contributed by atoms with Crippen LogP contribution in [0.15, 0.2) is 24.3 Å². The molecule has 3 rings (SSSR count). The van der Waals surface area contributed by atoms with Crippen LogP contribution in [0.4, 0.5) is 14.9 Å². The van der Waals surface area contributed by atoms with Gasteiger partial charge in [-0.2, -0.15) is 0 Å². The molecule has 1 aliphatic carbocycles. The van der Waals surface area contributed by atoms with E-state index in [-0.39, 0.29) is 23.8 Å². The first kappa shape index (κ1) is 20.6. The first-order chi connectivity index (χ1) is 13.6. The van der Waals surface area contributed by atoms with Crippen LogP contribution >= 0.6 is 0 Å². The normalized spacial score (nSPS) is 19.2. The number of anilines is 1. The Morgan fingerprint density at radius 3 is 2.18 bits per heavy atom. The maximum atomic E-state index is 12.9. The van der Waals surface area contributed by atoms with Gasteiger partial charge in [0, 0.05) is 43.8 Å². The van der Waals surface area contributed by atoms with Crippen LogP contribution in [0, 0.1) is 5.82 Å². The van der Waals surface area contributed by atoms with Crippen molar-refractivity contribution < 1.29 is 14.0 Å². The summed E-state index contributed by atoms with van der Waals surface area (Å²) in [7, 11) is 0. The largest absolute Gasteiger partial charge is 0.335 e. The van der Waals surface area contributed by atoms with Gasteiger partial charge in [0.2, 0.25) is 5.91 Å². The maximum absolute atomic E-state index is 12.9. The summed E-state index contributed by atoms with van der Waals surface area (Å²) in [5.74, 6) is -0.388. The summed E-state index contributed by atoms with van der Waals surface area (Å²) in [6, 6.07) is 6.27. The highest BCUT2D eigenvalue weighted by Gasteiger charge is 2.22. The van der Waals surface area contributed by atoms with Crippen molar-refractivity contribution in [3.8, 4) is 0 Å². The molecule has 1 aromatic rings. The van der Waals surface area contributed by atoms with Crippen molar-refractivity contribution in [3.05, 3.63) is 30.1 Å². The summed E-state index contributed by atoms with van der Waals surface area (Å²) < 4.78 is 12.9. The second-order valence-corrected chi connectivity index (χ2v) is 7.87. The van der Waals surface area contributed by atoms with Crippen LogP contribution in [0.3, 0.4) is 0 Å². The number of nitrogens with zero attached hydrogens (tertiary/aromatic N) is 1. The molecule has 1 aliphatic heterocycles. The zero-order valence-electron chi connectivity index (χ0n) is 16.4. The molecule has 3 amide bonds. The predicted molar refractivity (Wildman–Crippen MR) is 108 cm³/mol. The number of likely N-dealkylation sites (tertiary alicyclic amines) is 1. The van der Waals surface area contributed by atoms with Gasteiger partial charge in [0.1, 0.15) is 5.82 Å². The summed E-state index contributed by atoms with van der Waals surface area (Å²) in [5.41, 5.74) is 0.610. The van der Waals surface area contributed by atoms with Crippen molar-refractivity contribution in [3.63, 3.8) is 0 Å². The fourth-order valence-electron chi connectivity index (χ4n) is 3.98. The fraction of sp³-hybridized carbons (Fsp3) is 0.619. The molecule has 0 spiro atoms. The lowest BCUT2D eigenvalue weighted by Gasteiger charge is -2.32. The van der Waals surface area contributed by atoms with Gasteiger partial charge in [-0.25, -0.2) is 9.18 Å². The second-order valence-electron chi connectivity index (χ2n) is 7.87. The van der Waals surface area contributed by atoms with E-state index in [1.807, 2.05) is 0 Å². The van der Waals surface area contributed by atoms with Gasteiger partial charge in [-0.05, 0) is 49.9 Å². The van der Waals surface area contributed by atoms with Crippen molar-refractivity contribution in [1.82, 2.24) is 15.5 Å². The van der Waals surface area contributed by atoms with Gasteiger partial charge in [-0.1, -0.05) is 19.3 Å². The standard InChI is InChI=1S/C21H31FN4O2/c22-16-6-8-18(9-7-16)23-20(27)12-15-26-13-10-19(11-14-26)25-21(28)24-17-4-2-1-3-5-17/h6-9,17,19H,1-5,10-15H2,(H,23,27)(H2,24,25,28). The molecule has 1 saturated heterocycles. The molecule has 1 saturated carbocycles. The predicted octanol–water partition coefficient (Wildman–Crippen LogP) is 3.25. The molecule has 2 fully saturated rings. The molecule has 0 radical (unpaired) electrons. The smallest absolute Gasteiger partial charge is 0.315 e. The highest BCUT2D eigenvalue weighted by molar-refractivity contribution is 5.90. The number of rotatable bonds is 6. The molecule has 1 heterocycles. The van der Waals surface area contributed by atoms with E-state index in [0.29, 0.717) is 24.7 Å². The molecular formula is C21H31FN4O2. The van der Waals surface area contributed by atoms with Gasteiger partial charge in [0.25, 0.3) is 0 Å². The summed E-state index contributed by atoms with van der Waals surface area (Å²) in [6.45, 7) is 2.43. The Morgan fingerprint density at radius 2 is 1.54 bits per heavy atom. The lowest BCUT2D eigenvalue weighted by Crippen LogP contribution is -2.50. The Labute approximate surface area is 166 Å². The summed E-state index contributed by atoms with van der Waals surface area (Å²) in [5, 5.41) is 8.99. The second kappa shape index (κ2) is 10.4. The highest BCUT2D eigenvalue weighted by Crippen LogP contribution is 2.17. The minimum absolute atomic E-state index is 0.0379. The molecule has 7 heteroatoms. The molecule has 6 nitrogen and oxygen atoms in total. The van der Waals surface area contributed by atoms with Crippen LogP contribution in [0.2, 0.25) is 0 Å². The first-order valence-corrected chi connectivity index (χ1v) is 10.4. The molecule has 1 aromatic carbocycles. The zero-order valence-corrected chi connectivity index (χ0v) is 16.4. The topological polar surface area (TPSA) is 73.5 Å². The summed E-state index contributed by atoms with van der Waals surface area (Å²) in [4.78, 5) is 26.5. The van der Waals surface area contributed by atoms with Gasteiger partial charge in [0.15, 0.2) is 0 Å². The SMILES string of the molecule is O=C(CCN1CCC(NC(=O)NC2CCCCC2)CC1)Nc1ccc(F)cc1. The molecule has 0 bridgehead atoms. The van der Waals surface area contributed by atoms with E-state index in [1.54, 1.807) is 12.1 Å². The van der Waals surface area contributed by atoms with E-state index in [9.17, 15) is 14.0 Å². The van der Waals surface area contributed by atoms with Crippen LogP contribution in [0.5, 0.6) is 0 Å². The molecule has 3 N–H and O–H groups in total. The number of carbonyl (C=O) groups excluding carboxylic acids is 2. The Kier molecular flexibility index (Phi) is 7.65. The minimum Gasteiger partial charge on any atom is -0.335 e. The molecule has 0 aromatic heterocycles. The third-order valence-electron chi connectivity index (χ3n) is 5.65. The molecule has 0 unspecified atom stereocenters. The third kappa shape index (κ3) is 6.78. The number of hydrogen-bond acceptors (Lipinski definition) is 3. The number of nitrogens with one attached hydrogen (secondary N) is 3.